The minimum atomic E-state index is -1.72. The van der Waals surface area contributed by atoms with Crippen molar-refractivity contribution in [3.8, 4) is 0 Å². The van der Waals surface area contributed by atoms with E-state index in [1.807, 2.05) is 0 Å². The van der Waals surface area contributed by atoms with E-state index in [2.05, 4.69) is 39.6 Å². The molecule has 23 heavy (non-hydrogen) atoms. The first kappa shape index (κ1) is 21.0. The summed E-state index contributed by atoms with van der Waals surface area (Å²) in [6, 6.07) is 3.38. The van der Waals surface area contributed by atoms with Crippen LogP contribution in [0.15, 0.2) is 12.4 Å². The number of pyridine rings is 1. The first-order chi connectivity index (χ1) is 10.9. The van der Waals surface area contributed by atoms with Gasteiger partial charge in [0.1, 0.15) is 0 Å². The van der Waals surface area contributed by atoms with Crippen LogP contribution in [0, 0.1) is 5.92 Å². The van der Waals surface area contributed by atoms with E-state index in [1.165, 1.54) is 6.42 Å². The monoisotopic (exact) mass is 375 g/mol. The van der Waals surface area contributed by atoms with E-state index in [0.717, 1.165) is 36.5 Å². The average molecular weight is 376 g/mol. The fourth-order valence-electron chi connectivity index (χ4n) is 3.00. The van der Waals surface area contributed by atoms with Gasteiger partial charge in [0.25, 0.3) is 0 Å². The Bertz CT molecular complexity index is 450. The SMILES string of the molecule is CC[Si](CC)(CC)OC(CCCC(C)C)c1c(Cl)cncc1Cl. The highest BCUT2D eigenvalue weighted by molar-refractivity contribution is 6.73. The highest BCUT2D eigenvalue weighted by Crippen LogP contribution is 2.39. The fourth-order valence-corrected chi connectivity index (χ4v) is 6.45. The van der Waals surface area contributed by atoms with Crippen molar-refractivity contribution in [1.29, 1.82) is 0 Å². The van der Waals surface area contributed by atoms with Crippen LogP contribution in [0.1, 0.15) is 65.5 Å². The van der Waals surface area contributed by atoms with Gasteiger partial charge >= 0.3 is 0 Å². The van der Waals surface area contributed by atoms with E-state index < -0.39 is 8.32 Å². The molecule has 5 heteroatoms. The third kappa shape index (κ3) is 6.04. The Hall–Kier alpha value is -0.0931. The molecule has 0 spiro atoms. The third-order valence-electron chi connectivity index (χ3n) is 4.79. The second kappa shape index (κ2) is 10.0. The Balaban J connectivity index is 3.06. The largest absolute Gasteiger partial charge is 0.410 e. The molecular weight excluding hydrogens is 345 g/mol. The Morgan fingerprint density at radius 1 is 1.00 bits per heavy atom. The van der Waals surface area contributed by atoms with Gasteiger partial charge in [-0.3, -0.25) is 4.98 Å². The molecule has 0 fully saturated rings. The second-order valence-corrected chi connectivity index (χ2v) is 12.2. The van der Waals surface area contributed by atoms with Gasteiger partial charge < -0.3 is 4.43 Å². The molecule has 0 aliphatic heterocycles. The number of hydrogen-bond acceptors (Lipinski definition) is 2. The van der Waals surface area contributed by atoms with Gasteiger partial charge in [-0.2, -0.15) is 0 Å². The topological polar surface area (TPSA) is 22.1 Å². The number of aromatic nitrogens is 1. The molecule has 132 valence electrons. The van der Waals surface area contributed by atoms with Gasteiger partial charge in [0.05, 0.1) is 16.1 Å². The van der Waals surface area contributed by atoms with Gasteiger partial charge in [0.2, 0.25) is 0 Å². The van der Waals surface area contributed by atoms with Crippen molar-refractivity contribution in [3.05, 3.63) is 28.0 Å². The predicted molar refractivity (Wildman–Crippen MR) is 104 cm³/mol. The molecular formula is C18H31Cl2NOSi. The molecule has 1 heterocycles. The molecule has 0 amide bonds. The highest BCUT2D eigenvalue weighted by atomic mass is 35.5. The maximum Gasteiger partial charge on any atom is 0.192 e. The average Bonchev–Trinajstić information content (AvgIpc) is 2.51. The number of rotatable bonds is 10. The minimum Gasteiger partial charge on any atom is -0.410 e. The molecule has 0 N–H and O–H groups in total. The molecule has 1 atom stereocenters. The van der Waals surface area contributed by atoms with Gasteiger partial charge in [0.15, 0.2) is 8.32 Å². The van der Waals surface area contributed by atoms with Crippen molar-refractivity contribution >= 4 is 31.5 Å². The summed E-state index contributed by atoms with van der Waals surface area (Å²) in [6.45, 7) is 11.3. The van der Waals surface area contributed by atoms with Crippen LogP contribution in [0.3, 0.4) is 0 Å². The molecule has 2 nitrogen and oxygen atoms in total. The van der Waals surface area contributed by atoms with E-state index in [-0.39, 0.29) is 6.10 Å². The first-order valence-corrected chi connectivity index (χ1v) is 12.1. The highest BCUT2D eigenvalue weighted by Gasteiger charge is 2.33. The van der Waals surface area contributed by atoms with E-state index in [4.69, 9.17) is 27.6 Å². The quantitative estimate of drug-likeness (QED) is 0.400. The Morgan fingerprint density at radius 3 is 1.96 bits per heavy atom. The van der Waals surface area contributed by atoms with Crippen LogP contribution in [-0.4, -0.2) is 13.3 Å². The number of nitrogens with zero attached hydrogens (tertiary/aromatic N) is 1. The van der Waals surface area contributed by atoms with Crippen LogP contribution in [0.5, 0.6) is 0 Å². The second-order valence-electron chi connectivity index (χ2n) is 6.69. The van der Waals surface area contributed by atoms with E-state index in [1.54, 1.807) is 12.4 Å². The van der Waals surface area contributed by atoms with Gasteiger partial charge in [-0.25, -0.2) is 0 Å². The molecule has 1 aromatic heterocycles. The lowest BCUT2D eigenvalue weighted by atomic mass is 10.0. The van der Waals surface area contributed by atoms with Crippen molar-refractivity contribution in [1.82, 2.24) is 4.98 Å². The Morgan fingerprint density at radius 2 is 1.52 bits per heavy atom. The van der Waals surface area contributed by atoms with Gasteiger partial charge in [-0.15, -0.1) is 0 Å². The van der Waals surface area contributed by atoms with Crippen LogP contribution in [-0.2, 0) is 4.43 Å². The zero-order chi connectivity index (χ0) is 17.5. The van der Waals surface area contributed by atoms with Crippen LogP contribution < -0.4 is 0 Å². The lowest BCUT2D eigenvalue weighted by molar-refractivity contribution is 0.174. The van der Waals surface area contributed by atoms with E-state index in [0.29, 0.717) is 16.0 Å². The summed E-state index contributed by atoms with van der Waals surface area (Å²) in [7, 11) is -1.72. The summed E-state index contributed by atoms with van der Waals surface area (Å²) in [4.78, 5) is 4.08. The van der Waals surface area contributed by atoms with Crippen LogP contribution in [0.2, 0.25) is 28.2 Å². The predicted octanol–water partition coefficient (Wildman–Crippen LogP) is 7.28. The lowest BCUT2D eigenvalue weighted by Crippen LogP contribution is -2.37. The summed E-state index contributed by atoms with van der Waals surface area (Å²) in [6.07, 6.45) is 6.63. The molecule has 0 radical (unpaired) electrons. The van der Waals surface area contributed by atoms with E-state index in [9.17, 15) is 0 Å². The lowest BCUT2D eigenvalue weighted by Gasteiger charge is -2.34. The Kier molecular flexibility index (Phi) is 9.13. The maximum atomic E-state index is 6.76. The van der Waals surface area contributed by atoms with Crippen molar-refractivity contribution in [3.63, 3.8) is 0 Å². The van der Waals surface area contributed by atoms with Crippen LogP contribution in [0.25, 0.3) is 0 Å². The van der Waals surface area contributed by atoms with Crippen molar-refractivity contribution < 1.29 is 4.43 Å². The van der Waals surface area contributed by atoms with Gasteiger partial charge in [-0.05, 0) is 30.5 Å². The summed E-state index contributed by atoms with van der Waals surface area (Å²) in [5.41, 5.74) is 0.930. The zero-order valence-corrected chi connectivity index (χ0v) is 17.7. The molecule has 0 aromatic carbocycles. The minimum absolute atomic E-state index is 0.0109. The van der Waals surface area contributed by atoms with Crippen molar-refractivity contribution in [2.75, 3.05) is 0 Å². The molecule has 1 rings (SSSR count). The zero-order valence-electron chi connectivity index (χ0n) is 15.2. The van der Waals surface area contributed by atoms with Crippen LogP contribution >= 0.6 is 23.2 Å². The Labute approximate surface area is 153 Å². The molecule has 0 saturated carbocycles. The molecule has 0 bridgehead atoms. The third-order valence-corrected chi connectivity index (χ3v) is 10.0. The van der Waals surface area contributed by atoms with Crippen molar-refractivity contribution in [2.24, 2.45) is 5.92 Å². The summed E-state index contributed by atoms with van der Waals surface area (Å²) in [5.74, 6) is 0.699. The van der Waals surface area contributed by atoms with E-state index >= 15 is 0 Å². The normalized spacial score (nSPS) is 13.6. The number of halogens is 2. The smallest absolute Gasteiger partial charge is 0.192 e. The molecule has 1 aromatic rings. The summed E-state index contributed by atoms with van der Waals surface area (Å²) >= 11 is 12.8. The maximum absolute atomic E-state index is 6.76. The molecule has 0 aliphatic rings. The van der Waals surface area contributed by atoms with Gasteiger partial charge in [-0.1, -0.05) is 70.7 Å². The molecule has 0 aliphatic carbocycles. The summed E-state index contributed by atoms with van der Waals surface area (Å²) < 4.78 is 6.76. The first-order valence-electron chi connectivity index (χ1n) is 8.85. The fraction of sp³-hybridized carbons (Fsp3) is 0.722. The standard InChI is InChI=1S/C18H31Cl2NOSi/c1-6-23(7-2,8-3)22-17(11-9-10-14(4)5)18-15(19)12-21-13-16(18)20/h12-14,17H,6-11H2,1-5H3. The number of hydrogen-bond donors (Lipinski definition) is 0. The summed E-state index contributed by atoms with van der Waals surface area (Å²) in [5, 5.41) is 1.25. The van der Waals surface area contributed by atoms with Crippen LogP contribution in [0.4, 0.5) is 0 Å². The molecule has 0 saturated heterocycles. The van der Waals surface area contributed by atoms with Gasteiger partial charge in [0, 0.05) is 18.0 Å². The molecule has 1 unspecified atom stereocenters. The van der Waals surface area contributed by atoms with Crippen molar-refractivity contribution in [2.45, 2.75) is 78.1 Å².